The number of hydrogen-bond donors (Lipinski definition) is 1. The van der Waals surface area contributed by atoms with Gasteiger partial charge in [-0.25, -0.2) is 9.97 Å². The molecule has 0 aliphatic carbocycles. The quantitative estimate of drug-likeness (QED) is 0.872. The van der Waals surface area contributed by atoms with Gasteiger partial charge in [0, 0.05) is 18.7 Å². The number of rotatable bonds is 6. The predicted molar refractivity (Wildman–Crippen MR) is 84.9 cm³/mol. The number of nitrogens with two attached hydrogens (primary N) is 1. The molecule has 110 valence electrons. The molecule has 0 aromatic carbocycles. The SMILES string of the molecule is CCCCc1nc2c(N)nc(C)c(C)c2n1CCCC. The Balaban J connectivity index is 2.60. The zero-order valence-corrected chi connectivity index (χ0v) is 13.2. The van der Waals surface area contributed by atoms with Gasteiger partial charge >= 0.3 is 0 Å². The van der Waals surface area contributed by atoms with E-state index >= 15 is 0 Å². The van der Waals surface area contributed by atoms with Gasteiger partial charge in [0.1, 0.15) is 11.3 Å². The number of hydrogen-bond acceptors (Lipinski definition) is 3. The van der Waals surface area contributed by atoms with Crippen molar-refractivity contribution in [2.24, 2.45) is 0 Å². The summed E-state index contributed by atoms with van der Waals surface area (Å²) in [4.78, 5) is 9.20. The number of aromatic nitrogens is 3. The Hall–Kier alpha value is -1.58. The van der Waals surface area contributed by atoms with Crippen molar-refractivity contribution < 1.29 is 0 Å². The van der Waals surface area contributed by atoms with Crippen LogP contribution in [0.2, 0.25) is 0 Å². The smallest absolute Gasteiger partial charge is 0.151 e. The van der Waals surface area contributed by atoms with E-state index in [0.29, 0.717) is 5.82 Å². The van der Waals surface area contributed by atoms with E-state index in [1.807, 2.05) is 6.92 Å². The van der Waals surface area contributed by atoms with Crippen molar-refractivity contribution in [3.8, 4) is 0 Å². The Morgan fingerprint density at radius 1 is 1.05 bits per heavy atom. The lowest BCUT2D eigenvalue weighted by atomic mass is 10.2. The van der Waals surface area contributed by atoms with Crippen molar-refractivity contribution in [2.45, 2.75) is 66.3 Å². The van der Waals surface area contributed by atoms with Gasteiger partial charge in [0.2, 0.25) is 0 Å². The molecule has 4 nitrogen and oxygen atoms in total. The van der Waals surface area contributed by atoms with Crippen LogP contribution in [0.5, 0.6) is 0 Å². The molecule has 2 heterocycles. The Labute approximate surface area is 121 Å². The van der Waals surface area contributed by atoms with E-state index in [4.69, 9.17) is 10.7 Å². The second-order valence-electron chi connectivity index (χ2n) is 5.54. The van der Waals surface area contributed by atoms with Gasteiger partial charge in [-0.1, -0.05) is 26.7 Å². The van der Waals surface area contributed by atoms with E-state index < -0.39 is 0 Å². The van der Waals surface area contributed by atoms with Crippen LogP contribution in [0.15, 0.2) is 0 Å². The fourth-order valence-electron chi connectivity index (χ4n) is 2.63. The highest BCUT2D eigenvalue weighted by Gasteiger charge is 2.16. The summed E-state index contributed by atoms with van der Waals surface area (Å²) in [5.74, 6) is 1.73. The third-order valence-electron chi connectivity index (χ3n) is 3.96. The zero-order chi connectivity index (χ0) is 14.7. The summed E-state index contributed by atoms with van der Waals surface area (Å²) in [6, 6.07) is 0. The van der Waals surface area contributed by atoms with Gasteiger partial charge in [-0.2, -0.15) is 0 Å². The van der Waals surface area contributed by atoms with E-state index in [2.05, 4.69) is 30.3 Å². The standard InChI is InChI=1S/C16H26N4/c1-5-7-9-13-19-14-15(20(13)10-8-6-2)11(3)12(4)18-16(14)17/h5-10H2,1-4H3,(H2,17,18). The third kappa shape index (κ3) is 2.65. The van der Waals surface area contributed by atoms with Crippen molar-refractivity contribution in [1.29, 1.82) is 0 Å². The van der Waals surface area contributed by atoms with Gasteiger partial charge in [-0.15, -0.1) is 0 Å². The molecule has 0 spiro atoms. The molecule has 0 radical (unpaired) electrons. The number of imidazole rings is 1. The van der Waals surface area contributed by atoms with E-state index in [1.165, 1.54) is 36.8 Å². The van der Waals surface area contributed by atoms with Crippen LogP contribution in [-0.4, -0.2) is 14.5 Å². The summed E-state index contributed by atoms with van der Waals surface area (Å²) in [6.07, 6.45) is 5.73. The average Bonchev–Trinajstić information content (AvgIpc) is 2.79. The fourth-order valence-corrected chi connectivity index (χ4v) is 2.63. The van der Waals surface area contributed by atoms with E-state index in [-0.39, 0.29) is 0 Å². The van der Waals surface area contributed by atoms with Crippen LogP contribution in [-0.2, 0) is 13.0 Å². The Kier molecular flexibility index (Phi) is 4.63. The monoisotopic (exact) mass is 274 g/mol. The highest BCUT2D eigenvalue weighted by Crippen LogP contribution is 2.27. The summed E-state index contributed by atoms with van der Waals surface area (Å²) in [6.45, 7) is 9.60. The minimum atomic E-state index is 0.566. The van der Waals surface area contributed by atoms with Gasteiger partial charge in [0.05, 0.1) is 5.52 Å². The molecule has 2 rings (SSSR count). The summed E-state index contributed by atoms with van der Waals surface area (Å²) in [7, 11) is 0. The number of nitrogen functional groups attached to an aromatic ring is 1. The van der Waals surface area contributed by atoms with Crippen molar-refractivity contribution >= 4 is 16.9 Å². The highest BCUT2D eigenvalue weighted by atomic mass is 15.1. The summed E-state index contributed by atoms with van der Waals surface area (Å²) < 4.78 is 2.37. The van der Waals surface area contributed by atoms with E-state index in [1.54, 1.807) is 0 Å². The summed E-state index contributed by atoms with van der Waals surface area (Å²) >= 11 is 0. The first-order valence-corrected chi connectivity index (χ1v) is 7.71. The molecule has 0 aliphatic heterocycles. The molecule has 4 heteroatoms. The first-order chi connectivity index (χ1) is 9.60. The molecule has 0 fully saturated rings. The second-order valence-corrected chi connectivity index (χ2v) is 5.54. The Morgan fingerprint density at radius 3 is 2.40 bits per heavy atom. The number of nitrogens with zero attached hydrogens (tertiary/aromatic N) is 3. The van der Waals surface area contributed by atoms with Crippen LogP contribution in [0.4, 0.5) is 5.82 Å². The van der Waals surface area contributed by atoms with Crippen molar-refractivity contribution in [2.75, 3.05) is 5.73 Å². The molecule has 0 unspecified atom stereocenters. The van der Waals surface area contributed by atoms with Crippen molar-refractivity contribution in [3.05, 3.63) is 17.1 Å². The number of unbranched alkanes of at least 4 members (excludes halogenated alkanes) is 2. The normalized spacial score (nSPS) is 11.4. The average molecular weight is 274 g/mol. The first-order valence-electron chi connectivity index (χ1n) is 7.71. The third-order valence-corrected chi connectivity index (χ3v) is 3.96. The maximum Gasteiger partial charge on any atom is 0.151 e. The van der Waals surface area contributed by atoms with Crippen LogP contribution >= 0.6 is 0 Å². The topological polar surface area (TPSA) is 56.7 Å². The molecule has 2 N–H and O–H groups in total. The van der Waals surface area contributed by atoms with Gasteiger partial charge < -0.3 is 10.3 Å². The first kappa shape index (κ1) is 14.8. The largest absolute Gasteiger partial charge is 0.382 e. The zero-order valence-electron chi connectivity index (χ0n) is 13.2. The van der Waals surface area contributed by atoms with Gasteiger partial charge in [-0.3, -0.25) is 0 Å². The van der Waals surface area contributed by atoms with Gasteiger partial charge in [-0.05, 0) is 32.3 Å². The number of pyridine rings is 1. The summed E-state index contributed by atoms with van der Waals surface area (Å²) in [5.41, 5.74) is 10.4. The van der Waals surface area contributed by atoms with Crippen LogP contribution in [0.3, 0.4) is 0 Å². The minimum absolute atomic E-state index is 0.566. The molecular weight excluding hydrogens is 248 g/mol. The van der Waals surface area contributed by atoms with E-state index in [9.17, 15) is 0 Å². The Bertz CT molecular complexity index is 598. The lowest BCUT2D eigenvalue weighted by molar-refractivity contribution is 0.603. The van der Waals surface area contributed by atoms with Crippen LogP contribution in [0.25, 0.3) is 11.0 Å². The Morgan fingerprint density at radius 2 is 1.75 bits per heavy atom. The predicted octanol–water partition coefficient (Wildman–Crippen LogP) is 3.77. The van der Waals surface area contributed by atoms with Gasteiger partial charge in [0.25, 0.3) is 0 Å². The number of aryl methyl sites for hydroxylation is 4. The summed E-state index contributed by atoms with van der Waals surface area (Å²) in [5, 5.41) is 0. The molecular formula is C16H26N4. The molecule has 2 aromatic heterocycles. The highest BCUT2D eigenvalue weighted by molar-refractivity contribution is 5.88. The lowest BCUT2D eigenvalue weighted by Gasteiger charge is -2.11. The van der Waals surface area contributed by atoms with Crippen LogP contribution in [0, 0.1) is 13.8 Å². The van der Waals surface area contributed by atoms with Crippen LogP contribution < -0.4 is 5.73 Å². The van der Waals surface area contributed by atoms with Crippen molar-refractivity contribution in [1.82, 2.24) is 14.5 Å². The second kappa shape index (κ2) is 6.25. The molecule has 0 atom stereocenters. The van der Waals surface area contributed by atoms with Gasteiger partial charge in [0.15, 0.2) is 5.82 Å². The fraction of sp³-hybridized carbons (Fsp3) is 0.625. The lowest BCUT2D eigenvalue weighted by Crippen LogP contribution is -2.06. The maximum absolute atomic E-state index is 6.08. The molecule has 0 aliphatic rings. The minimum Gasteiger partial charge on any atom is -0.382 e. The molecule has 0 amide bonds. The van der Waals surface area contributed by atoms with E-state index in [0.717, 1.165) is 30.0 Å². The molecule has 0 bridgehead atoms. The number of anilines is 1. The van der Waals surface area contributed by atoms with Crippen LogP contribution in [0.1, 0.15) is 56.6 Å². The maximum atomic E-state index is 6.08. The number of fused-ring (bicyclic) bond motifs is 1. The molecule has 20 heavy (non-hydrogen) atoms. The van der Waals surface area contributed by atoms with Crippen molar-refractivity contribution in [3.63, 3.8) is 0 Å². The molecule has 2 aromatic rings. The molecule has 0 saturated heterocycles. The molecule has 0 saturated carbocycles.